The Balaban J connectivity index is 2.10. The highest BCUT2D eigenvalue weighted by Crippen LogP contribution is 2.32. The van der Waals surface area contributed by atoms with E-state index in [2.05, 4.69) is 21.8 Å². The normalized spacial score (nSPS) is 9.58. The van der Waals surface area contributed by atoms with Crippen LogP contribution < -0.4 is 4.74 Å². The van der Waals surface area contributed by atoms with Gasteiger partial charge in [0.05, 0.1) is 5.02 Å². The Labute approximate surface area is 121 Å². The topological polar surface area (TPSA) is 35.0 Å². The lowest BCUT2D eigenvalue weighted by Gasteiger charge is -2.04. The summed E-state index contributed by atoms with van der Waals surface area (Å²) in [6, 6.07) is 9.39. The van der Waals surface area contributed by atoms with Crippen molar-refractivity contribution in [3.63, 3.8) is 0 Å². The zero-order chi connectivity index (χ0) is 13.5. The van der Waals surface area contributed by atoms with Crippen LogP contribution >= 0.6 is 23.4 Å². The fraction of sp³-hybridized carbons (Fsp3) is 0.143. The van der Waals surface area contributed by atoms with E-state index in [0.717, 1.165) is 9.92 Å². The van der Waals surface area contributed by atoms with Gasteiger partial charge in [0.1, 0.15) is 11.4 Å². The van der Waals surface area contributed by atoms with Gasteiger partial charge in [-0.25, -0.2) is 9.97 Å². The second-order valence-electron chi connectivity index (χ2n) is 3.44. The Morgan fingerprint density at radius 3 is 2.95 bits per heavy atom. The molecular weight excluding hydrogens is 280 g/mol. The summed E-state index contributed by atoms with van der Waals surface area (Å²) in [5.41, 5.74) is 0. The van der Waals surface area contributed by atoms with Gasteiger partial charge in [-0.1, -0.05) is 41.4 Å². The molecular formula is C14H11ClN2OS. The fourth-order valence-corrected chi connectivity index (χ4v) is 2.33. The Morgan fingerprint density at radius 1 is 1.32 bits per heavy atom. The molecule has 1 aromatic heterocycles. The molecule has 19 heavy (non-hydrogen) atoms. The smallest absolute Gasteiger partial charge is 0.218 e. The zero-order valence-electron chi connectivity index (χ0n) is 10.3. The van der Waals surface area contributed by atoms with E-state index in [1.165, 1.54) is 18.1 Å². The van der Waals surface area contributed by atoms with Gasteiger partial charge in [-0.05, 0) is 19.1 Å². The van der Waals surface area contributed by atoms with Gasteiger partial charge in [0.15, 0.2) is 6.61 Å². The predicted molar refractivity (Wildman–Crippen MR) is 76.6 cm³/mol. The van der Waals surface area contributed by atoms with Crippen molar-refractivity contribution in [2.24, 2.45) is 0 Å². The van der Waals surface area contributed by atoms with Crippen LogP contribution in [0.3, 0.4) is 0 Å². The first-order chi connectivity index (χ1) is 9.29. The fourth-order valence-electron chi connectivity index (χ4n) is 1.28. The minimum absolute atomic E-state index is 0.323. The quantitative estimate of drug-likeness (QED) is 0.635. The van der Waals surface area contributed by atoms with Gasteiger partial charge in [-0.2, -0.15) is 0 Å². The molecule has 1 heterocycles. The summed E-state index contributed by atoms with van der Waals surface area (Å²) < 4.78 is 5.38. The van der Waals surface area contributed by atoms with Gasteiger partial charge < -0.3 is 4.74 Å². The van der Waals surface area contributed by atoms with Gasteiger partial charge in [0.2, 0.25) is 5.88 Å². The SMILES string of the molecule is CC#CCOc1cc(Sc2ccccc2Cl)ncn1. The van der Waals surface area contributed by atoms with Crippen LogP contribution in [-0.4, -0.2) is 16.6 Å². The average molecular weight is 291 g/mol. The molecule has 0 unspecified atom stereocenters. The Morgan fingerprint density at radius 2 is 2.16 bits per heavy atom. The van der Waals surface area contributed by atoms with Crippen LogP contribution in [0.2, 0.25) is 5.02 Å². The van der Waals surface area contributed by atoms with E-state index >= 15 is 0 Å². The first kappa shape index (κ1) is 13.7. The molecule has 0 N–H and O–H groups in total. The highest BCUT2D eigenvalue weighted by Gasteiger charge is 2.05. The van der Waals surface area contributed by atoms with Crippen molar-refractivity contribution in [3.8, 4) is 17.7 Å². The van der Waals surface area contributed by atoms with Gasteiger partial charge in [-0.3, -0.25) is 0 Å². The summed E-state index contributed by atoms with van der Waals surface area (Å²) in [5, 5.41) is 1.48. The molecule has 0 fully saturated rings. The lowest BCUT2D eigenvalue weighted by molar-refractivity contribution is 0.353. The molecule has 0 amide bonds. The molecule has 0 saturated carbocycles. The van der Waals surface area contributed by atoms with Crippen LogP contribution in [0.4, 0.5) is 0 Å². The summed E-state index contributed by atoms with van der Waals surface area (Å²) >= 11 is 7.57. The minimum Gasteiger partial charge on any atom is -0.464 e. The van der Waals surface area contributed by atoms with Crippen molar-refractivity contribution in [3.05, 3.63) is 41.7 Å². The van der Waals surface area contributed by atoms with Gasteiger partial charge in [0.25, 0.3) is 0 Å². The molecule has 0 atom stereocenters. The highest BCUT2D eigenvalue weighted by molar-refractivity contribution is 7.99. The predicted octanol–water partition coefficient (Wildman–Crippen LogP) is 3.68. The van der Waals surface area contributed by atoms with E-state index in [-0.39, 0.29) is 0 Å². The number of benzene rings is 1. The molecule has 0 spiro atoms. The molecule has 2 aromatic rings. The van der Waals surface area contributed by atoms with Gasteiger partial charge in [-0.15, -0.1) is 5.92 Å². The third kappa shape index (κ3) is 4.16. The summed E-state index contributed by atoms with van der Waals surface area (Å²) in [7, 11) is 0. The second kappa shape index (κ2) is 7.03. The molecule has 0 bridgehead atoms. The summed E-state index contributed by atoms with van der Waals surface area (Å²) in [6.07, 6.45) is 1.47. The van der Waals surface area contributed by atoms with Crippen molar-refractivity contribution in [1.82, 2.24) is 9.97 Å². The van der Waals surface area contributed by atoms with E-state index in [1.54, 1.807) is 13.0 Å². The first-order valence-electron chi connectivity index (χ1n) is 5.56. The van der Waals surface area contributed by atoms with Crippen LogP contribution in [0.1, 0.15) is 6.92 Å². The van der Waals surface area contributed by atoms with Gasteiger partial charge in [0, 0.05) is 11.0 Å². The molecule has 0 saturated heterocycles. The molecule has 5 heteroatoms. The molecule has 3 nitrogen and oxygen atoms in total. The van der Waals surface area contributed by atoms with E-state index in [1.807, 2.05) is 24.3 Å². The largest absolute Gasteiger partial charge is 0.464 e. The summed E-state index contributed by atoms with van der Waals surface area (Å²) in [4.78, 5) is 9.16. The summed E-state index contributed by atoms with van der Waals surface area (Å²) in [6.45, 7) is 2.09. The van der Waals surface area contributed by atoms with Crippen LogP contribution in [0, 0.1) is 11.8 Å². The number of hydrogen-bond acceptors (Lipinski definition) is 4. The first-order valence-corrected chi connectivity index (χ1v) is 6.76. The van der Waals surface area contributed by atoms with E-state index in [9.17, 15) is 0 Å². The van der Waals surface area contributed by atoms with E-state index in [0.29, 0.717) is 17.5 Å². The van der Waals surface area contributed by atoms with Crippen molar-refractivity contribution in [1.29, 1.82) is 0 Å². The molecule has 0 aliphatic carbocycles. The maximum absolute atomic E-state index is 6.10. The van der Waals surface area contributed by atoms with Crippen LogP contribution in [-0.2, 0) is 0 Å². The molecule has 1 aromatic carbocycles. The van der Waals surface area contributed by atoms with Crippen molar-refractivity contribution in [2.75, 3.05) is 6.61 Å². The minimum atomic E-state index is 0.323. The third-order valence-electron chi connectivity index (χ3n) is 2.14. The number of rotatable bonds is 4. The van der Waals surface area contributed by atoms with Crippen molar-refractivity contribution < 1.29 is 4.74 Å². The van der Waals surface area contributed by atoms with E-state index < -0.39 is 0 Å². The standard InChI is InChI=1S/C14H11ClN2OS/c1-2-3-8-18-13-9-14(17-10-16-13)19-12-7-5-4-6-11(12)15/h4-7,9-10H,8H2,1H3. The Hall–Kier alpha value is -1.70. The lowest BCUT2D eigenvalue weighted by Crippen LogP contribution is -1.97. The number of aromatic nitrogens is 2. The molecule has 0 radical (unpaired) electrons. The molecule has 96 valence electrons. The van der Waals surface area contributed by atoms with Crippen molar-refractivity contribution in [2.45, 2.75) is 16.8 Å². The molecule has 0 aliphatic heterocycles. The lowest BCUT2D eigenvalue weighted by atomic mass is 10.4. The van der Waals surface area contributed by atoms with E-state index in [4.69, 9.17) is 16.3 Å². The maximum Gasteiger partial charge on any atom is 0.218 e. The number of hydrogen-bond donors (Lipinski definition) is 0. The Kier molecular flexibility index (Phi) is 5.08. The number of ether oxygens (including phenoxy) is 1. The van der Waals surface area contributed by atoms with Crippen LogP contribution in [0.25, 0.3) is 0 Å². The number of halogens is 1. The van der Waals surface area contributed by atoms with Crippen LogP contribution in [0.15, 0.2) is 46.6 Å². The van der Waals surface area contributed by atoms with Crippen molar-refractivity contribution >= 4 is 23.4 Å². The van der Waals surface area contributed by atoms with Crippen LogP contribution in [0.5, 0.6) is 5.88 Å². The number of nitrogens with zero attached hydrogens (tertiary/aromatic N) is 2. The monoisotopic (exact) mass is 290 g/mol. The average Bonchev–Trinajstić information content (AvgIpc) is 2.42. The highest BCUT2D eigenvalue weighted by atomic mass is 35.5. The molecule has 2 rings (SSSR count). The van der Waals surface area contributed by atoms with Gasteiger partial charge >= 0.3 is 0 Å². The molecule has 0 aliphatic rings. The third-order valence-corrected chi connectivity index (χ3v) is 3.59. The Bertz CT molecular complexity index is 622. The second-order valence-corrected chi connectivity index (χ2v) is 4.91. The zero-order valence-corrected chi connectivity index (χ0v) is 11.8. The summed E-state index contributed by atoms with van der Waals surface area (Å²) in [5.74, 6) is 6.08. The maximum atomic E-state index is 6.10.